The van der Waals surface area contributed by atoms with Crippen LogP contribution in [0.1, 0.15) is 5.56 Å². The van der Waals surface area contributed by atoms with Gasteiger partial charge in [-0.15, -0.1) is 0 Å². The van der Waals surface area contributed by atoms with E-state index in [0.717, 1.165) is 10.9 Å². The molecule has 2 aromatic rings. The summed E-state index contributed by atoms with van der Waals surface area (Å²) in [6.45, 7) is 0. The Balaban J connectivity index is 2.26. The molecule has 0 amide bonds. The molecule has 0 spiro atoms. The Morgan fingerprint density at radius 1 is 1.16 bits per heavy atom. The molecule has 0 heterocycles. The van der Waals surface area contributed by atoms with Crippen molar-refractivity contribution in [2.24, 2.45) is 0 Å². The minimum Gasteiger partial charge on any atom is -0.456 e. The van der Waals surface area contributed by atoms with Gasteiger partial charge in [0.05, 0.1) is 15.5 Å². The summed E-state index contributed by atoms with van der Waals surface area (Å²) in [5.74, 6) is 1.05. The normalized spacial score (nSPS) is 10.2. The third kappa shape index (κ3) is 3.54. The summed E-state index contributed by atoms with van der Waals surface area (Å²) in [5.41, 5.74) is 1.13. The topological polar surface area (TPSA) is 52.4 Å². The number of nitrogens with zero attached hydrogens (tertiary/aromatic N) is 1. The van der Waals surface area contributed by atoms with Gasteiger partial charge < -0.3 is 4.74 Å². The average molecular weight is 387 g/mol. The lowest BCUT2D eigenvalue weighted by Crippen LogP contribution is -1.91. The number of nitro groups is 1. The molecule has 0 bridgehead atoms. The highest BCUT2D eigenvalue weighted by Crippen LogP contribution is 2.33. The van der Waals surface area contributed by atoms with E-state index in [2.05, 4.69) is 31.9 Å². The van der Waals surface area contributed by atoms with Crippen LogP contribution in [0.3, 0.4) is 0 Å². The molecule has 19 heavy (non-hydrogen) atoms. The van der Waals surface area contributed by atoms with Crippen molar-refractivity contribution in [1.82, 2.24) is 0 Å². The summed E-state index contributed by atoms with van der Waals surface area (Å²) in [6, 6.07) is 11.9. The maximum absolute atomic E-state index is 10.7. The molecule has 0 radical (unpaired) electrons. The van der Waals surface area contributed by atoms with Crippen LogP contribution in [-0.4, -0.2) is 4.92 Å². The van der Waals surface area contributed by atoms with Crippen molar-refractivity contribution >= 4 is 37.5 Å². The molecule has 0 unspecified atom stereocenters. The standard InChI is InChI=1S/C13H9Br2NO3/c14-8-9-1-4-11(5-2-9)19-13-7-10(16(17)18)3-6-12(13)15/h1-7H,8H2. The largest absolute Gasteiger partial charge is 0.456 e. The van der Waals surface area contributed by atoms with Gasteiger partial charge in [-0.25, -0.2) is 0 Å². The first-order valence-corrected chi connectivity index (χ1v) is 7.28. The summed E-state index contributed by atoms with van der Waals surface area (Å²) in [4.78, 5) is 10.3. The minimum absolute atomic E-state index is 0.00437. The summed E-state index contributed by atoms with van der Waals surface area (Å²) >= 11 is 6.67. The zero-order valence-electron chi connectivity index (χ0n) is 9.68. The molecule has 0 aliphatic rings. The van der Waals surface area contributed by atoms with E-state index >= 15 is 0 Å². The van der Waals surface area contributed by atoms with Crippen molar-refractivity contribution < 1.29 is 9.66 Å². The predicted molar refractivity (Wildman–Crippen MR) is 79.9 cm³/mol. The highest BCUT2D eigenvalue weighted by Gasteiger charge is 2.11. The Morgan fingerprint density at radius 3 is 2.42 bits per heavy atom. The quantitative estimate of drug-likeness (QED) is 0.420. The fourth-order valence-corrected chi connectivity index (χ4v) is 2.16. The Bertz CT molecular complexity index is 599. The number of rotatable bonds is 4. The summed E-state index contributed by atoms with van der Waals surface area (Å²) in [7, 11) is 0. The third-order valence-corrected chi connectivity index (χ3v) is 3.73. The van der Waals surface area contributed by atoms with E-state index in [-0.39, 0.29) is 5.69 Å². The minimum atomic E-state index is -0.451. The Kier molecular flexibility index (Phi) is 4.55. The van der Waals surface area contributed by atoms with Gasteiger partial charge in [0.2, 0.25) is 0 Å². The second kappa shape index (κ2) is 6.16. The maximum Gasteiger partial charge on any atom is 0.273 e. The Labute approximate surface area is 126 Å². The molecule has 0 saturated carbocycles. The molecule has 6 heteroatoms. The Morgan fingerprint density at radius 2 is 1.84 bits per heavy atom. The van der Waals surface area contributed by atoms with E-state index < -0.39 is 4.92 Å². The molecule has 2 aromatic carbocycles. The van der Waals surface area contributed by atoms with Gasteiger partial charge in [0, 0.05) is 11.4 Å². The number of nitro benzene ring substituents is 1. The summed E-state index contributed by atoms with van der Waals surface area (Å²) in [6.07, 6.45) is 0. The van der Waals surface area contributed by atoms with E-state index in [1.807, 2.05) is 24.3 Å². The molecular weight excluding hydrogens is 378 g/mol. The first-order chi connectivity index (χ1) is 9.10. The average Bonchev–Trinajstić information content (AvgIpc) is 2.42. The zero-order chi connectivity index (χ0) is 13.8. The van der Waals surface area contributed by atoms with Crippen molar-refractivity contribution in [3.63, 3.8) is 0 Å². The second-order valence-corrected chi connectivity index (χ2v) is 5.17. The molecule has 0 N–H and O–H groups in total. The number of halogens is 2. The number of non-ortho nitro benzene ring substituents is 1. The molecule has 0 saturated heterocycles. The summed E-state index contributed by atoms with van der Waals surface area (Å²) in [5, 5.41) is 11.5. The van der Waals surface area contributed by atoms with E-state index in [1.165, 1.54) is 12.1 Å². The van der Waals surface area contributed by atoms with Crippen LogP contribution in [0.2, 0.25) is 0 Å². The SMILES string of the molecule is O=[N+]([O-])c1ccc(Br)c(Oc2ccc(CBr)cc2)c1. The van der Waals surface area contributed by atoms with Gasteiger partial charge in [-0.1, -0.05) is 28.1 Å². The number of benzene rings is 2. The van der Waals surface area contributed by atoms with Crippen LogP contribution < -0.4 is 4.74 Å². The van der Waals surface area contributed by atoms with Crippen LogP contribution >= 0.6 is 31.9 Å². The lowest BCUT2D eigenvalue weighted by atomic mass is 10.2. The van der Waals surface area contributed by atoms with Crippen LogP contribution in [0.25, 0.3) is 0 Å². The van der Waals surface area contributed by atoms with Gasteiger partial charge in [0.1, 0.15) is 11.5 Å². The monoisotopic (exact) mass is 385 g/mol. The zero-order valence-corrected chi connectivity index (χ0v) is 12.8. The lowest BCUT2D eigenvalue weighted by Gasteiger charge is -2.08. The van der Waals surface area contributed by atoms with Crippen molar-refractivity contribution in [3.8, 4) is 11.5 Å². The number of ether oxygens (including phenoxy) is 1. The van der Waals surface area contributed by atoms with Gasteiger partial charge in [-0.2, -0.15) is 0 Å². The van der Waals surface area contributed by atoms with Crippen LogP contribution in [-0.2, 0) is 5.33 Å². The fraction of sp³-hybridized carbons (Fsp3) is 0.0769. The van der Waals surface area contributed by atoms with Gasteiger partial charge in [-0.3, -0.25) is 10.1 Å². The van der Waals surface area contributed by atoms with Gasteiger partial charge in [0.25, 0.3) is 5.69 Å². The fourth-order valence-electron chi connectivity index (χ4n) is 1.46. The first-order valence-electron chi connectivity index (χ1n) is 5.37. The van der Waals surface area contributed by atoms with Crippen LogP contribution in [0.5, 0.6) is 11.5 Å². The van der Waals surface area contributed by atoms with E-state index in [0.29, 0.717) is 16.0 Å². The van der Waals surface area contributed by atoms with Crippen LogP contribution in [0.4, 0.5) is 5.69 Å². The maximum atomic E-state index is 10.7. The van der Waals surface area contributed by atoms with Crippen molar-refractivity contribution in [3.05, 3.63) is 62.6 Å². The molecular formula is C13H9Br2NO3. The molecule has 0 aliphatic carbocycles. The number of hydrogen-bond donors (Lipinski definition) is 0. The van der Waals surface area contributed by atoms with Gasteiger partial charge in [0.15, 0.2) is 0 Å². The number of alkyl halides is 1. The van der Waals surface area contributed by atoms with Gasteiger partial charge in [-0.05, 0) is 39.7 Å². The lowest BCUT2D eigenvalue weighted by molar-refractivity contribution is -0.384. The third-order valence-electron chi connectivity index (χ3n) is 2.43. The van der Waals surface area contributed by atoms with Crippen molar-refractivity contribution in [1.29, 1.82) is 0 Å². The molecule has 2 rings (SSSR count). The molecule has 0 atom stereocenters. The van der Waals surface area contributed by atoms with Crippen LogP contribution in [0.15, 0.2) is 46.9 Å². The number of hydrogen-bond acceptors (Lipinski definition) is 3. The van der Waals surface area contributed by atoms with Crippen molar-refractivity contribution in [2.75, 3.05) is 0 Å². The van der Waals surface area contributed by atoms with Crippen LogP contribution in [0, 0.1) is 10.1 Å². The predicted octanol–water partition coefficient (Wildman–Crippen LogP) is 5.04. The molecule has 0 fully saturated rings. The van der Waals surface area contributed by atoms with E-state index in [1.54, 1.807) is 6.07 Å². The smallest absolute Gasteiger partial charge is 0.273 e. The molecule has 98 valence electrons. The highest BCUT2D eigenvalue weighted by molar-refractivity contribution is 9.10. The molecule has 0 aromatic heterocycles. The van der Waals surface area contributed by atoms with Gasteiger partial charge >= 0.3 is 0 Å². The second-order valence-electron chi connectivity index (χ2n) is 3.75. The highest BCUT2D eigenvalue weighted by atomic mass is 79.9. The Hall–Kier alpha value is -1.40. The van der Waals surface area contributed by atoms with E-state index in [9.17, 15) is 10.1 Å². The summed E-state index contributed by atoms with van der Waals surface area (Å²) < 4.78 is 6.30. The first kappa shape index (κ1) is 14.0. The molecule has 0 aliphatic heterocycles. The van der Waals surface area contributed by atoms with Crippen molar-refractivity contribution in [2.45, 2.75) is 5.33 Å². The molecule has 4 nitrogen and oxygen atoms in total. The van der Waals surface area contributed by atoms with E-state index in [4.69, 9.17) is 4.74 Å².